The number of halogens is 5. The first kappa shape index (κ1) is 21.9. The van der Waals surface area contributed by atoms with Gasteiger partial charge in [0, 0.05) is 41.7 Å². The Morgan fingerprint density at radius 2 is 1.74 bits per heavy atom. The van der Waals surface area contributed by atoms with Crippen LogP contribution in [0, 0.1) is 11.6 Å². The lowest BCUT2D eigenvalue weighted by Gasteiger charge is -2.10. The molecule has 11 heteroatoms. The lowest BCUT2D eigenvalue weighted by atomic mass is 10.1. The van der Waals surface area contributed by atoms with Gasteiger partial charge in [0.25, 0.3) is 5.91 Å². The fourth-order valence-corrected chi connectivity index (χ4v) is 2.86. The quantitative estimate of drug-likeness (QED) is 0.527. The number of hydrogen-bond donors (Lipinski definition) is 3. The van der Waals surface area contributed by atoms with Gasteiger partial charge in [-0.3, -0.25) is 9.78 Å². The molecular formula is C20H14F5N3O3. The topological polar surface area (TPSA) is 95.1 Å². The Morgan fingerprint density at radius 1 is 1.03 bits per heavy atom. The molecule has 0 aliphatic carbocycles. The van der Waals surface area contributed by atoms with Crippen LogP contribution < -0.4 is 5.32 Å². The zero-order valence-corrected chi connectivity index (χ0v) is 15.6. The van der Waals surface area contributed by atoms with Gasteiger partial charge in [0.15, 0.2) is 11.6 Å². The molecule has 0 fully saturated rings. The van der Waals surface area contributed by atoms with Crippen molar-refractivity contribution < 1.29 is 36.6 Å². The average molecular weight is 439 g/mol. The highest BCUT2D eigenvalue weighted by atomic mass is 19.4. The molecule has 1 aliphatic rings. The molecule has 3 aromatic rings. The van der Waals surface area contributed by atoms with Crippen molar-refractivity contribution in [2.75, 3.05) is 6.54 Å². The number of rotatable bonds is 2. The first-order valence-corrected chi connectivity index (χ1v) is 8.78. The van der Waals surface area contributed by atoms with Gasteiger partial charge in [0.1, 0.15) is 0 Å². The lowest BCUT2D eigenvalue weighted by Crippen LogP contribution is -2.31. The summed E-state index contributed by atoms with van der Waals surface area (Å²) in [5.74, 6) is -4.65. The van der Waals surface area contributed by atoms with E-state index in [0.717, 1.165) is 35.5 Å². The van der Waals surface area contributed by atoms with Crippen molar-refractivity contribution >= 4 is 11.9 Å². The molecule has 4 rings (SSSR count). The molecule has 1 amide bonds. The van der Waals surface area contributed by atoms with E-state index in [1.54, 1.807) is 24.4 Å². The maximum Gasteiger partial charge on any atom is 0.490 e. The Hall–Kier alpha value is -3.76. The smallest absolute Gasteiger partial charge is 0.475 e. The zero-order valence-electron chi connectivity index (χ0n) is 15.6. The van der Waals surface area contributed by atoms with E-state index in [1.165, 1.54) is 6.07 Å². The number of carboxylic acids is 1. The molecule has 0 radical (unpaired) electrons. The van der Waals surface area contributed by atoms with Crippen LogP contribution in [0.2, 0.25) is 0 Å². The fourth-order valence-electron chi connectivity index (χ4n) is 2.86. The van der Waals surface area contributed by atoms with E-state index in [0.29, 0.717) is 23.4 Å². The van der Waals surface area contributed by atoms with Crippen molar-refractivity contribution in [3.05, 3.63) is 65.5 Å². The highest BCUT2D eigenvalue weighted by Crippen LogP contribution is 2.27. The number of amides is 1. The number of aromatic nitrogens is 2. The highest BCUT2D eigenvalue weighted by Gasteiger charge is 2.38. The van der Waals surface area contributed by atoms with E-state index < -0.39 is 23.8 Å². The molecule has 162 valence electrons. The second-order valence-electron chi connectivity index (χ2n) is 6.44. The van der Waals surface area contributed by atoms with Crippen molar-refractivity contribution in [1.82, 2.24) is 15.3 Å². The van der Waals surface area contributed by atoms with Gasteiger partial charge < -0.3 is 15.4 Å². The molecule has 0 bridgehead atoms. The minimum absolute atomic E-state index is 0.0892. The lowest BCUT2D eigenvalue weighted by molar-refractivity contribution is -0.192. The molecule has 31 heavy (non-hydrogen) atoms. The third kappa shape index (κ3) is 5.05. The molecule has 1 aliphatic heterocycles. The van der Waals surface area contributed by atoms with Crippen LogP contribution in [0.5, 0.6) is 0 Å². The highest BCUT2D eigenvalue weighted by molar-refractivity contribution is 5.97. The number of benzene rings is 1. The largest absolute Gasteiger partial charge is 0.490 e. The molecule has 3 heterocycles. The summed E-state index contributed by atoms with van der Waals surface area (Å²) < 4.78 is 58.3. The Labute approximate surface area is 171 Å². The van der Waals surface area contributed by atoms with Crippen molar-refractivity contribution in [2.24, 2.45) is 0 Å². The second kappa shape index (κ2) is 8.54. The molecular weight excluding hydrogens is 425 g/mol. The van der Waals surface area contributed by atoms with E-state index in [9.17, 15) is 26.7 Å². The van der Waals surface area contributed by atoms with Crippen molar-refractivity contribution in [3.8, 4) is 22.5 Å². The predicted octanol–water partition coefficient (Wildman–Crippen LogP) is 3.94. The van der Waals surface area contributed by atoms with Crippen LogP contribution in [-0.4, -0.2) is 39.7 Å². The summed E-state index contributed by atoms with van der Waals surface area (Å²) >= 11 is 0. The standard InChI is InChI=1S/C18H13F2N3O.C2HF3O2/c19-13-2-1-10(7-14(13)20)16-8-11(3-5-21-16)17-9-12-15(23-17)4-6-22-18(12)24;3-2(4,5)1(6)7/h1-3,5,7-9,23H,4,6H2,(H,22,24);(H,6,7). The van der Waals surface area contributed by atoms with Gasteiger partial charge in [0.05, 0.1) is 11.3 Å². The van der Waals surface area contributed by atoms with Gasteiger partial charge in [-0.15, -0.1) is 0 Å². The number of hydrogen-bond acceptors (Lipinski definition) is 3. The molecule has 3 N–H and O–H groups in total. The van der Waals surface area contributed by atoms with Gasteiger partial charge in [-0.25, -0.2) is 13.6 Å². The number of aliphatic carboxylic acids is 1. The number of nitrogens with zero attached hydrogens (tertiary/aromatic N) is 1. The third-order valence-electron chi connectivity index (χ3n) is 4.33. The monoisotopic (exact) mass is 439 g/mol. The third-order valence-corrected chi connectivity index (χ3v) is 4.33. The van der Waals surface area contributed by atoms with E-state index in [1.807, 2.05) is 0 Å². The number of aromatic amines is 1. The number of fused-ring (bicyclic) bond motifs is 1. The van der Waals surface area contributed by atoms with Crippen LogP contribution >= 0.6 is 0 Å². The Bertz CT molecular complexity index is 1140. The minimum Gasteiger partial charge on any atom is -0.475 e. The summed E-state index contributed by atoms with van der Waals surface area (Å²) in [5.41, 5.74) is 4.19. The van der Waals surface area contributed by atoms with E-state index >= 15 is 0 Å². The Kier molecular flexibility index (Phi) is 6.04. The van der Waals surface area contributed by atoms with Gasteiger partial charge in [0.2, 0.25) is 0 Å². The summed E-state index contributed by atoms with van der Waals surface area (Å²) in [6.45, 7) is 0.613. The Balaban J connectivity index is 0.000000339. The maximum absolute atomic E-state index is 13.4. The minimum atomic E-state index is -5.08. The van der Waals surface area contributed by atoms with Crippen molar-refractivity contribution in [3.63, 3.8) is 0 Å². The molecule has 1 aromatic carbocycles. The summed E-state index contributed by atoms with van der Waals surface area (Å²) in [6, 6.07) is 9.07. The van der Waals surface area contributed by atoms with Gasteiger partial charge in [-0.05, 0) is 36.4 Å². The molecule has 2 aromatic heterocycles. The van der Waals surface area contributed by atoms with Crippen molar-refractivity contribution in [2.45, 2.75) is 12.6 Å². The number of alkyl halides is 3. The molecule has 0 unspecified atom stereocenters. The first-order valence-electron chi connectivity index (χ1n) is 8.78. The number of nitrogens with one attached hydrogen (secondary N) is 2. The summed E-state index contributed by atoms with van der Waals surface area (Å²) in [6.07, 6.45) is -2.73. The summed E-state index contributed by atoms with van der Waals surface area (Å²) in [7, 11) is 0. The van der Waals surface area contributed by atoms with Crippen LogP contribution in [-0.2, 0) is 11.2 Å². The van der Waals surface area contributed by atoms with E-state index in [-0.39, 0.29) is 5.91 Å². The first-order chi connectivity index (χ1) is 14.6. The van der Waals surface area contributed by atoms with Crippen LogP contribution in [0.15, 0.2) is 42.6 Å². The van der Waals surface area contributed by atoms with E-state index in [4.69, 9.17) is 9.90 Å². The predicted molar refractivity (Wildman–Crippen MR) is 99.1 cm³/mol. The summed E-state index contributed by atoms with van der Waals surface area (Å²) in [5, 5.41) is 9.93. The van der Waals surface area contributed by atoms with Crippen LogP contribution in [0.3, 0.4) is 0 Å². The average Bonchev–Trinajstić information content (AvgIpc) is 3.16. The summed E-state index contributed by atoms with van der Waals surface area (Å²) in [4.78, 5) is 28.2. The number of carbonyl (C=O) groups is 2. The molecule has 0 atom stereocenters. The molecule has 6 nitrogen and oxygen atoms in total. The second-order valence-corrected chi connectivity index (χ2v) is 6.44. The fraction of sp³-hybridized carbons (Fsp3) is 0.150. The normalized spacial score (nSPS) is 13.0. The van der Waals surface area contributed by atoms with Crippen LogP contribution in [0.1, 0.15) is 16.1 Å². The van der Waals surface area contributed by atoms with Gasteiger partial charge in [-0.1, -0.05) is 0 Å². The van der Waals surface area contributed by atoms with Crippen LogP contribution in [0.4, 0.5) is 22.0 Å². The zero-order chi connectivity index (χ0) is 22.8. The van der Waals surface area contributed by atoms with Gasteiger partial charge >= 0.3 is 12.1 Å². The van der Waals surface area contributed by atoms with Crippen molar-refractivity contribution in [1.29, 1.82) is 0 Å². The number of carboxylic acid groups (broad SMARTS) is 1. The van der Waals surface area contributed by atoms with Gasteiger partial charge in [-0.2, -0.15) is 13.2 Å². The molecule has 0 saturated heterocycles. The number of carbonyl (C=O) groups excluding carboxylic acids is 1. The Morgan fingerprint density at radius 3 is 2.35 bits per heavy atom. The number of pyridine rings is 1. The van der Waals surface area contributed by atoms with Crippen LogP contribution in [0.25, 0.3) is 22.5 Å². The molecule has 0 saturated carbocycles. The number of H-pyrrole nitrogens is 1. The SMILES string of the molecule is O=C(O)C(F)(F)F.O=C1NCCc2[nH]c(-c3ccnc(-c4ccc(F)c(F)c4)c3)cc21. The maximum atomic E-state index is 13.4. The van der Waals surface area contributed by atoms with E-state index in [2.05, 4.69) is 15.3 Å². The molecule has 0 spiro atoms.